The summed E-state index contributed by atoms with van der Waals surface area (Å²) >= 11 is 7.49. The fourth-order valence-electron chi connectivity index (χ4n) is 3.38. The molecule has 0 aliphatic heterocycles. The van der Waals surface area contributed by atoms with Crippen molar-refractivity contribution in [3.8, 4) is 17.1 Å². The Kier molecular flexibility index (Phi) is 8.01. The van der Waals surface area contributed by atoms with Gasteiger partial charge in [0.25, 0.3) is 0 Å². The smallest absolute Gasteiger partial charge is 0.230 e. The number of halogens is 1. The number of nitrogens with zero attached hydrogens (tertiary/aromatic N) is 3. The van der Waals surface area contributed by atoms with Gasteiger partial charge >= 0.3 is 0 Å². The lowest BCUT2D eigenvalue weighted by Gasteiger charge is -2.19. The summed E-state index contributed by atoms with van der Waals surface area (Å²) in [6.45, 7) is 10.7. The van der Waals surface area contributed by atoms with E-state index >= 15 is 0 Å². The Hall–Kier alpha value is -2.31. The van der Waals surface area contributed by atoms with Crippen LogP contribution in [0.2, 0.25) is 5.02 Å². The average molecular weight is 471 g/mol. The predicted molar refractivity (Wildman–Crippen MR) is 134 cm³/mol. The molecule has 0 aliphatic carbocycles. The highest BCUT2D eigenvalue weighted by Gasteiger charge is 2.19. The minimum atomic E-state index is 0.00503. The van der Waals surface area contributed by atoms with E-state index in [0.717, 1.165) is 29.9 Å². The quantitative estimate of drug-likeness (QED) is 0.393. The summed E-state index contributed by atoms with van der Waals surface area (Å²) in [5.41, 5.74) is 3.20. The van der Waals surface area contributed by atoms with Crippen LogP contribution >= 0.6 is 23.4 Å². The Morgan fingerprint density at radius 2 is 1.66 bits per heavy atom. The van der Waals surface area contributed by atoms with Crippen LogP contribution in [0.5, 0.6) is 0 Å². The second-order valence-electron chi connectivity index (χ2n) is 8.81. The highest BCUT2D eigenvalue weighted by Crippen LogP contribution is 2.30. The zero-order valence-corrected chi connectivity index (χ0v) is 20.9. The van der Waals surface area contributed by atoms with Gasteiger partial charge in [-0.1, -0.05) is 82.2 Å². The third-order valence-corrected chi connectivity index (χ3v) is 6.59. The Balaban J connectivity index is 1.92. The molecule has 3 aromatic rings. The van der Waals surface area contributed by atoms with Gasteiger partial charge in [0.2, 0.25) is 5.91 Å². The van der Waals surface area contributed by atoms with E-state index in [4.69, 9.17) is 11.6 Å². The van der Waals surface area contributed by atoms with E-state index in [1.165, 1.54) is 17.3 Å². The molecule has 0 bridgehead atoms. The molecule has 3 rings (SSSR count). The van der Waals surface area contributed by atoms with Crippen LogP contribution in [0, 0.1) is 0 Å². The number of thioether (sulfide) groups is 1. The normalized spacial score (nSPS) is 11.7. The average Bonchev–Trinajstić information content (AvgIpc) is 3.20. The van der Waals surface area contributed by atoms with Crippen molar-refractivity contribution in [2.24, 2.45) is 0 Å². The monoisotopic (exact) mass is 470 g/mol. The first-order chi connectivity index (χ1) is 15.2. The standard InChI is InChI=1S/C25H31ClN4OS/c1-6-20(7-2)27-22(31)16-32-24-29-28-23(30(24)21-14-12-19(26)13-15-21)17-8-10-18(11-9-17)25(3,4)5/h8-15,20H,6-7,16H2,1-5H3,(H,27,31). The maximum atomic E-state index is 12.4. The SMILES string of the molecule is CCC(CC)NC(=O)CSc1nnc(-c2ccc(C(C)(C)C)cc2)n1-c1ccc(Cl)cc1. The molecular formula is C25H31ClN4OS. The van der Waals surface area contributed by atoms with Gasteiger partial charge in [0, 0.05) is 22.3 Å². The fraction of sp³-hybridized carbons (Fsp3) is 0.400. The summed E-state index contributed by atoms with van der Waals surface area (Å²) in [4.78, 5) is 12.4. The van der Waals surface area contributed by atoms with E-state index in [1.54, 1.807) is 0 Å². The van der Waals surface area contributed by atoms with Crippen LogP contribution < -0.4 is 5.32 Å². The van der Waals surface area contributed by atoms with E-state index in [1.807, 2.05) is 28.8 Å². The summed E-state index contributed by atoms with van der Waals surface area (Å²) < 4.78 is 1.98. The number of carbonyl (C=O) groups excluding carboxylic acids is 1. The maximum Gasteiger partial charge on any atom is 0.230 e. The Morgan fingerprint density at radius 1 is 1.03 bits per heavy atom. The van der Waals surface area contributed by atoms with Gasteiger partial charge in [-0.2, -0.15) is 0 Å². The van der Waals surface area contributed by atoms with Crippen molar-refractivity contribution >= 4 is 29.3 Å². The van der Waals surface area contributed by atoms with Gasteiger partial charge in [-0.3, -0.25) is 9.36 Å². The summed E-state index contributed by atoms with van der Waals surface area (Å²) in [5.74, 6) is 1.02. The van der Waals surface area contributed by atoms with Crippen molar-refractivity contribution in [1.29, 1.82) is 0 Å². The van der Waals surface area contributed by atoms with Crippen LogP contribution in [0.15, 0.2) is 53.7 Å². The summed E-state index contributed by atoms with van der Waals surface area (Å²) in [6, 6.07) is 16.2. The molecule has 7 heteroatoms. The Labute approximate surface area is 200 Å². The van der Waals surface area contributed by atoms with Gasteiger partial charge in [-0.15, -0.1) is 10.2 Å². The minimum absolute atomic E-state index is 0.00503. The molecule has 0 radical (unpaired) electrons. The van der Waals surface area contributed by atoms with E-state index in [0.29, 0.717) is 10.2 Å². The van der Waals surface area contributed by atoms with Crippen molar-refractivity contribution in [3.05, 3.63) is 59.1 Å². The first-order valence-corrected chi connectivity index (χ1v) is 12.3. The number of hydrogen-bond donors (Lipinski definition) is 1. The number of hydrogen-bond acceptors (Lipinski definition) is 4. The molecule has 0 aliphatic rings. The molecule has 0 atom stereocenters. The molecule has 5 nitrogen and oxygen atoms in total. The van der Waals surface area contributed by atoms with Gasteiger partial charge in [-0.25, -0.2) is 0 Å². The van der Waals surface area contributed by atoms with Crippen LogP contribution in [0.25, 0.3) is 17.1 Å². The molecule has 2 aromatic carbocycles. The second-order valence-corrected chi connectivity index (χ2v) is 10.2. The molecule has 1 N–H and O–H groups in total. The molecule has 1 heterocycles. The predicted octanol–water partition coefficient (Wildman–Crippen LogP) is 6.28. The van der Waals surface area contributed by atoms with E-state index in [9.17, 15) is 4.79 Å². The first-order valence-electron chi connectivity index (χ1n) is 11.0. The van der Waals surface area contributed by atoms with Crippen molar-refractivity contribution < 1.29 is 4.79 Å². The summed E-state index contributed by atoms with van der Waals surface area (Å²) in [5, 5.41) is 13.3. The van der Waals surface area contributed by atoms with Crippen LogP contribution in [0.4, 0.5) is 0 Å². The summed E-state index contributed by atoms with van der Waals surface area (Å²) in [6.07, 6.45) is 1.84. The van der Waals surface area contributed by atoms with Crippen molar-refractivity contribution in [2.45, 2.75) is 64.1 Å². The van der Waals surface area contributed by atoms with Crippen LogP contribution in [0.1, 0.15) is 53.0 Å². The fourth-order valence-corrected chi connectivity index (χ4v) is 4.27. The van der Waals surface area contributed by atoms with Crippen LogP contribution in [-0.4, -0.2) is 32.5 Å². The maximum absolute atomic E-state index is 12.4. The number of amides is 1. The number of rotatable bonds is 8. The molecule has 0 saturated carbocycles. The molecule has 1 aromatic heterocycles. The zero-order chi connectivity index (χ0) is 23.3. The first kappa shape index (κ1) is 24.3. The Morgan fingerprint density at radius 3 is 2.22 bits per heavy atom. The van der Waals surface area contributed by atoms with Gasteiger partial charge in [0.1, 0.15) is 0 Å². The van der Waals surface area contributed by atoms with Crippen LogP contribution in [0.3, 0.4) is 0 Å². The van der Waals surface area contributed by atoms with Crippen molar-refractivity contribution in [3.63, 3.8) is 0 Å². The topological polar surface area (TPSA) is 59.8 Å². The number of aromatic nitrogens is 3. The third-order valence-electron chi connectivity index (χ3n) is 5.41. The largest absolute Gasteiger partial charge is 0.353 e. The molecule has 32 heavy (non-hydrogen) atoms. The highest BCUT2D eigenvalue weighted by atomic mass is 35.5. The lowest BCUT2D eigenvalue weighted by Crippen LogP contribution is -2.35. The number of nitrogens with one attached hydrogen (secondary N) is 1. The highest BCUT2D eigenvalue weighted by molar-refractivity contribution is 7.99. The number of benzene rings is 2. The molecule has 0 saturated heterocycles. The zero-order valence-electron chi connectivity index (χ0n) is 19.4. The van der Waals surface area contributed by atoms with Crippen molar-refractivity contribution in [2.75, 3.05) is 5.75 Å². The lowest BCUT2D eigenvalue weighted by atomic mass is 9.87. The molecule has 0 unspecified atom stereocenters. The third kappa shape index (κ3) is 5.93. The molecule has 0 fully saturated rings. The number of carbonyl (C=O) groups is 1. The van der Waals surface area contributed by atoms with Gasteiger partial charge in [0.15, 0.2) is 11.0 Å². The lowest BCUT2D eigenvalue weighted by molar-refractivity contribution is -0.119. The Bertz CT molecular complexity index is 1040. The van der Waals surface area contributed by atoms with Gasteiger partial charge in [0.05, 0.1) is 5.75 Å². The minimum Gasteiger partial charge on any atom is -0.353 e. The van der Waals surface area contributed by atoms with Gasteiger partial charge in [-0.05, 0) is 48.1 Å². The molecular weight excluding hydrogens is 440 g/mol. The van der Waals surface area contributed by atoms with Crippen LogP contribution in [-0.2, 0) is 10.2 Å². The van der Waals surface area contributed by atoms with E-state index < -0.39 is 0 Å². The molecule has 1 amide bonds. The van der Waals surface area contributed by atoms with Gasteiger partial charge < -0.3 is 5.32 Å². The molecule has 170 valence electrons. The summed E-state index contributed by atoms with van der Waals surface area (Å²) in [7, 11) is 0. The molecule has 0 spiro atoms. The van der Waals surface area contributed by atoms with E-state index in [-0.39, 0.29) is 23.1 Å². The van der Waals surface area contributed by atoms with Crippen molar-refractivity contribution in [1.82, 2.24) is 20.1 Å². The second kappa shape index (κ2) is 10.5. The van der Waals surface area contributed by atoms with E-state index in [2.05, 4.69) is 74.4 Å².